The van der Waals surface area contributed by atoms with Crippen molar-refractivity contribution >= 4 is 0 Å². The molecule has 76 valence electrons. The summed E-state index contributed by atoms with van der Waals surface area (Å²) in [4.78, 5) is 2.28. The van der Waals surface area contributed by atoms with Gasteiger partial charge in [0.2, 0.25) is 0 Å². The van der Waals surface area contributed by atoms with Crippen LogP contribution in [0.5, 0.6) is 0 Å². The van der Waals surface area contributed by atoms with Crippen LogP contribution in [0, 0.1) is 0 Å². The number of aliphatic hydroxyl groups is 1. The Labute approximate surface area is 85.2 Å². The maximum absolute atomic E-state index is 10.4. The van der Waals surface area contributed by atoms with Gasteiger partial charge in [0.15, 0.2) is 0 Å². The number of nitrogens with zero attached hydrogens (tertiary/aromatic N) is 1. The Hall–Kier alpha value is -0.860. The molecule has 1 N–H and O–H groups in total. The lowest BCUT2D eigenvalue weighted by Gasteiger charge is -2.23. The minimum Gasteiger partial charge on any atom is -0.384 e. The van der Waals surface area contributed by atoms with Gasteiger partial charge in [-0.1, -0.05) is 37.3 Å². The third kappa shape index (κ3) is 1.68. The molecule has 0 aliphatic carbocycles. The number of benzene rings is 1. The Morgan fingerprint density at radius 3 is 2.64 bits per heavy atom. The number of likely N-dealkylation sites (N-methyl/N-ethyl adjacent to an activating group) is 1. The molecule has 2 rings (SSSR count). The van der Waals surface area contributed by atoms with Gasteiger partial charge in [0.25, 0.3) is 0 Å². The van der Waals surface area contributed by atoms with Crippen LogP contribution in [0.2, 0.25) is 0 Å². The van der Waals surface area contributed by atoms with Crippen molar-refractivity contribution in [1.82, 2.24) is 4.90 Å². The molecule has 0 radical (unpaired) electrons. The molecule has 1 aromatic carbocycles. The second kappa shape index (κ2) is 3.71. The van der Waals surface area contributed by atoms with E-state index in [0.717, 1.165) is 31.6 Å². The van der Waals surface area contributed by atoms with Crippen LogP contribution >= 0.6 is 0 Å². The third-order valence-corrected chi connectivity index (χ3v) is 3.09. The van der Waals surface area contributed by atoms with E-state index in [9.17, 15) is 5.11 Å². The van der Waals surface area contributed by atoms with Crippen molar-refractivity contribution in [3.05, 3.63) is 35.9 Å². The summed E-state index contributed by atoms with van der Waals surface area (Å²) in [6, 6.07) is 9.99. The smallest absolute Gasteiger partial charge is 0.103 e. The van der Waals surface area contributed by atoms with Gasteiger partial charge in [0.1, 0.15) is 5.60 Å². The number of β-amino-alcohol motifs (C(OH)–C–C–N with tert-alkyl or cyclic N) is 1. The largest absolute Gasteiger partial charge is 0.384 e. The Morgan fingerprint density at radius 2 is 2.07 bits per heavy atom. The van der Waals surface area contributed by atoms with E-state index in [1.54, 1.807) is 0 Å². The van der Waals surface area contributed by atoms with Crippen LogP contribution in [0.1, 0.15) is 18.9 Å². The molecule has 1 unspecified atom stereocenters. The first-order valence-electron chi connectivity index (χ1n) is 5.25. The summed E-state index contributed by atoms with van der Waals surface area (Å²) >= 11 is 0. The standard InChI is InChI=1S/C12H17NO/c1-2-13-9-8-12(14,10-13)11-6-4-3-5-7-11/h3-7,14H,2,8-10H2,1H3. The molecule has 14 heavy (non-hydrogen) atoms. The van der Waals surface area contributed by atoms with E-state index in [4.69, 9.17) is 0 Å². The fourth-order valence-electron chi connectivity index (χ4n) is 2.13. The van der Waals surface area contributed by atoms with Crippen LogP contribution in [0.3, 0.4) is 0 Å². The molecule has 0 aromatic heterocycles. The van der Waals surface area contributed by atoms with E-state index < -0.39 is 5.60 Å². The molecule has 1 atom stereocenters. The molecule has 2 heteroatoms. The van der Waals surface area contributed by atoms with E-state index in [2.05, 4.69) is 11.8 Å². The zero-order valence-electron chi connectivity index (χ0n) is 8.61. The van der Waals surface area contributed by atoms with Crippen LogP contribution in [0.15, 0.2) is 30.3 Å². The summed E-state index contributed by atoms with van der Waals surface area (Å²) in [5.41, 5.74) is 0.438. The van der Waals surface area contributed by atoms with Gasteiger partial charge in [-0.25, -0.2) is 0 Å². The van der Waals surface area contributed by atoms with E-state index in [0.29, 0.717) is 0 Å². The van der Waals surface area contributed by atoms with Gasteiger partial charge in [-0.05, 0) is 18.5 Å². The van der Waals surface area contributed by atoms with Crippen LogP contribution in [-0.4, -0.2) is 29.6 Å². The monoisotopic (exact) mass is 191 g/mol. The van der Waals surface area contributed by atoms with Gasteiger partial charge >= 0.3 is 0 Å². The molecule has 1 aliphatic heterocycles. The van der Waals surface area contributed by atoms with Crippen molar-refractivity contribution in [2.24, 2.45) is 0 Å². The molecule has 0 bridgehead atoms. The molecular weight excluding hydrogens is 174 g/mol. The second-order valence-electron chi connectivity index (χ2n) is 4.02. The van der Waals surface area contributed by atoms with Crippen molar-refractivity contribution in [1.29, 1.82) is 0 Å². The second-order valence-corrected chi connectivity index (χ2v) is 4.02. The Kier molecular flexibility index (Phi) is 2.57. The van der Waals surface area contributed by atoms with Gasteiger partial charge in [0, 0.05) is 13.1 Å². The molecule has 1 aromatic rings. The van der Waals surface area contributed by atoms with Crippen LogP contribution in [0.25, 0.3) is 0 Å². The van der Waals surface area contributed by atoms with Gasteiger partial charge in [-0.2, -0.15) is 0 Å². The van der Waals surface area contributed by atoms with E-state index >= 15 is 0 Å². The maximum atomic E-state index is 10.4. The molecule has 1 saturated heterocycles. The Bertz CT molecular complexity index is 298. The SMILES string of the molecule is CCN1CCC(O)(c2ccccc2)C1. The summed E-state index contributed by atoms with van der Waals surface area (Å²) in [7, 11) is 0. The lowest BCUT2D eigenvalue weighted by molar-refractivity contribution is 0.0467. The highest BCUT2D eigenvalue weighted by atomic mass is 16.3. The highest BCUT2D eigenvalue weighted by Crippen LogP contribution is 2.31. The summed E-state index contributed by atoms with van der Waals surface area (Å²) in [6.45, 7) is 4.93. The van der Waals surface area contributed by atoms with Crippen LogP contribution in [-0.2, 0) is 5.60 Å². The van der Waals surface area contributed by atoms with Crippen molar-refractivity contribution in [3.63, 3.8) is 0 Å². The number of hydrogen-bond donors (Lipinski definition) is 1. The predicted octanol–water partition coefficient (Wildman–Crippen LogP) is 1.60. The molecule has 0 amide bonds. The van der Waals surface area contributed by atoms with E-state index in [-0.39, 0.29) is 0 Å². The quantitative estimate of drug-likeness (QED) is 0.767. The molecule has 1 heterocycles. The molecule has 2 nitrogen and oxygen atoms in total. The number of hydrogen-bond acceptors (Lipinski definition) is 2. The highest BCUT2D eigenvalue weighted by Gasteiger charge is 2.36. The number of rotatable bonds is 2. The molecule has 1 fully saturated rings. The minimum atomic E-state index is -0.614. The number of likely N-dealkylation sites (tertiary alicyclic amines) is 1. The van der Waals surface area contributed by atoms with E-state index in [1.165, 1.54) is 0 Å². The fraction of sp³-hybridized carbons (Fsp3) is 0.500. The average molecular weight is 191 g/mol. The first-order valence-corrected chi connectivity index (χ1v) is 5.25. The normalized spacial score (nSPS) is 28.1. The van der Waals surface area contributed by atoms with Crippen molar-refractivity contribution < 1.29 is 5.11 Å². The molecular formula is C12H17NO. The molecule has 0 saturated carbocycles. The predicted molar refractivity (Wildman–Crippen MR) is 57.1 cm³/mol. The van der Waals surface area contributed by atoms with Crippen molar-refractivity contribution in [3.8, 4) is 0 Å². The first-order chi connectivity index (χ1) is 6.74. The minimum absolute atomic E-state index is 0.614. The Balaban J connectivity index is 2.19. The maximum Gasteiger partial charge on any atom is 0.103 e. The van der Waals surface area contributed by atoms with Gasteiger partial charge in [-0.15, -0.1) is 0 Å². The van der Waals surface area contributed by atoms with Crippen LogP contribution < -0.4 is 0 Å². The Morgan fingerprint density at radius 1 is 1.36 bits per heavy atom. The first kappa shape index (κ1) is 9.69. The zero-order chi connectivity index (χ0) is 10.0. The van der Waals surface area contributed by atoms with E-state index in [1.807, 2.05) is 30.3 Å². The molecule has 1 aliphatic rings. The summed E-state index contributed by atoms with van der Waals surface area (Å²) < 4.78 is 0. The summed E-state index contributed by atoms with van der Waals surface area (Å²) in [5.74, 6) is 0. The van der Waals surface area contributed by atoms with Gasteiger partial charge in [-0.3, -0.25) is 0 Å². The average Bonchev–Trinajstić information content (AvgIpc) is 2.63. The van der Waals surface area contributed by atoms with Crippen molar-refractivity contribution in [2.75, 3.05) is 19.6 Å². The van der Waals surface area contributed by atoms with Gasteiger partial charge in [0.05, 0.1) is 0 Å². The third-order valence-electron chi connectivity index (χ3n) is 3.09. The van der Waals surface area contributed by atoms with Crippen LogP contribution in [0.4, 0.5) is 0 Å². The lowest BCUT2D eigenvalue weighted by atomic mass is 9.93. The van der Waals surface area contributed by atoms with Crippen molar-refractivity contribution in [2.45, 2.75) is 18.9 Å². The topological polar surface area (TPSA) is 23.5 Å². The fourth-order valence-corrected chi connectivity index (χ4v) is 2.13. The molecule has 0 spiro atoms. The lowest BCUT2D eigenvalue weighted by Crippen LogP contribution is -2.30. The summed E-state index contributed by atoms with van der Waals surface area (Å²) in [6.07, 6.45) is 0.852. The zero-order valence-corrected chi connectivity index (χ0v) is 8.61. The highest BCUT2D eigenvalue weighted by molar-refractivity contribution is 5.24. The summed E-state index contributed by atoms with van der Waals surface area (Å²) in [5, 5.41) is 10.4. The van der Waals surface area contributed by atoms with Gasteiger partial charge < -0.3 is 10.0 Å².